The van der Waals surface area contributed by atoms with Crippen LogP contribution < -0.4 is 5.32 Å². The van der Waals surface area contributed by atoms with Crippen molar-refractivity contribution < 1.29 is 5.11 Å². The highest BCUT2D eigenvalue weighted by atomic mass is 16.2. The Kier molecular flexibility index (Phi) is 16.8. The highest BCUT2D eigenvalue weighted by Crippen LogP contribution is 2.11. The standard InChI is InChI=1S/C16H35NO/c1-2-17-15-13-11-9-7-5-3-4-6-8-10-12-14-16-18/h17-18H,2-16H2,1H3. The molecule has 0 aliphatic carbocycles. The van der Waals surface area contributed by atoms with Crippen molar-refractivity contribution in [2.75, 3.05) is 19.7 Å². The second-order valence-electron chi connectivity index (χ2n) is 5.32. The zero-order valence-corrected chi connectivity index (χ0v) is 12.6. The molecule has 2 N–H and O–H groups in total. The van der Waals surface area contributed by atoms with Crippen LogP contribution in [0.3, 0.4) is 0 Å². The highest BCUT2D eigenvalue weighted by Gasteiger charge is 1.93. The first-order valence-electron chi connectivity index (χ1n) is 8.23. The van der Waals surface area contributed by atoms with E-state index in [9.17, 15) is 0 Å². The minimum atomic E-state index is 0.369. The van der Waals surface area contributed by atoms with Crippen LogP contribution in [0.5, 0.6) is 0 Å². The van der Waals surface area contributed by atoms with E-state index in [4.69, 9.17) is 5.11 Å². The molecule has 0 aliphatic rings. The fraction of sp³-hybridized carbons (Fsp3) is 1.00. The van der Waals surface area contributed by atoms with E-state index in [-0.39, 0.29) is 0 Å². The van der Waals surface area contributed by atoms with Gasteiger partial charge in [0.05, 0.1) is 0 Å². The maximum atomic E-state index is 8.65. The van der Waals surface area contributed by atoms with Gasteiger partial charge in [0, 0.05) is 6.61 Å². The van der Waals surface area contributed by atoms with E-state index in [0.29, 0.717) is 6.61 Å². The summed E-state index contributed by atoms with van der Waals surface area (Å²) < 4.78 is 0. The Labute approximate surface area is 115 Å². The molecule has 18 heavy (non-hydrogen) atoms. The predicted molar refractivity (Wildman–Crippen MR) is 81.0 cm³/mol. The predicted octanol–water partition coefficient (Wildman–Crippen LogP) is 4.27. The van der Waals surface area contributed by atoms with Gasteiger partial charge in [-0.1, -0.05) is 71.1 Å². The lowest BCUT2D eigenvalue weighted by molar-refractivity contribution is 0.282. The molecule has 0 saturated heterocycles. The van der Waals surface area contributed by atoms with Crippen molar-refractivity contribution in [3.8, 4) is 0 Å². The third-order valence-corrected chi connectivity index (χ3v) is 3.51. The summed E-state index contributed by atoms with van der Waals surface area (Å²) in [5.41, 5.74) is 0. The molecule has 0 aliphatic heterocycles. The van der Waals surface area contributed by atoms with Crippen LogP contribution in [0.15, 0.2) is 0 Å². The van der Waals surface area contributed by atoms with Gasteiger partial charge in [0.1, 0.15) is 0 Å². The first kappa shape index (κ1) is 17.9. The lowest BCUT2D eigenvalue weighted by Gasteiger charge is -2.03. The maximum Gasteiger partial charge on any atom is 0.0431 e. The number of nitrogens with one attached hydrogen (secondary N) is 1. The second-order valence-corrected chi connectivity index (χ2v) is 5.32. The van der Waals surface area contributed by atoms with Gasteiger partial charge in [-0.3, -0.25) is 0 Å². The molecule has 0 fully saturated rings. The summed E-state index contributed by atoms with van der Waals surface area (Å²) in [6.07, 6.45) is 16.1. The lowest BCUT2D eigenvalue weighted by atomic mass is 10.1. The van der Waals surface area contributed by atoms with Crippen molar-refractivity contribution in [2.45, 2.75) is 84.0 Å². The lowest BCUT2D eigenvalue weighted by Crippen LogP contribution is -2.13. The van der Waals surface area contributed by atoms with E-state index in [1.54, 1.807) is 0 Å². The van der Waals surface area contributed by atoms with Crippen molar-refractivity contribution in [1.29, 1.82) is 0 Å². The van der Waals surface area contributed by atoms with E-state index in [1.165, 1.54) is 77.2 Å². The van der Waals surface area contributed by atoms with Gasteiger partial charge in [0.2, 0.25) is 0 Å². The molecule has 0 atom stereocenters. The van der Waals surface area contributed by atoms with Gasteiger partial charge in [-0.15, -0.1) is 0 Å². The molecule has 0 bridgehead atoms. The number of rotatable bonds is 15. The molecule has 0 unspecified atom stereocenters. The van der Waals surface area contributed by atoms with Crippen LogP contribution in [0.2, 0.25) is 0 Å². The molecule has 2 nitrogen and oxygen atoms in total. The van der Waals surface area contributed by atoms with Crippen LogP contribution >= 0.6 is 0 Å². The van der Waals surface area contributed by atoms with E-state index in [1.807, 2.05) is 0 Å². The van der Waals surface area contributed by atoms with Gasteiger partial charge in [-0.2, -0.15) is 0 Å². The summed E-state index contributed by atoms with van der Waals surface area (Å²) >= 11 is 0. The van der Waals surface area contributed by atoms with Gasteiger partial charge in [0.15, 0.2) is 0 Å². The third kappa shape index (κ3) is 15.9. The van der Waals surface area contributed by atoms with Gasteiger partial charge in [0.25, 0.3) is 0 Å². The molecule has 2 heteroatoms. The normalized spacial score (nSPS) is 11.0. The molecular formula is C16H35NO. The zero-order chi connectivity index (χ0) is 13.3. The number of aliphatic hydroxyl groups is 1. The zero-order valence-electron chi connectivity index (χ0n) is 12.6. The smallest absolute Gasteiger partial charge is 0.0431 e. The molecule has 0 aromatic heterocycles. The van der Waals surface area contributed by atoms with Crippen LogP contribution in [0.25, 0.3) is 0 Å². The number of hydrogen-bond donors (Lipinski definition) is 2. The molecule has 110 valence electrons. The van der Waals surface area contributed by atoms with Gasteiger partial charge < -0.3 is 10.4 Å². The van der Waals surface area contributed by atoms with Gasteiger partial charge >= 0.3 is 0 Å². The summed E-state index contributed by atoms with van der Waals surface area (Å²) in [4.78, 5) is 0. The first-order chi connectivity index (χ1) is 8.91. The Balaban J connectivity index is 2.86. The van der Waals surface area contributed by atoms with Crippen molar-refractivity contribution in [1.82, 2.24) is 5.32 Å². The van der Waals surface area contributed by atoms with Crippen molar-refractivity contribution in [2.24, 2.45) is 0 Å². The average molecular weight is 257 g/mol. The number of aliphatic hydroxyl groups excluding tert-OH is 1. The molecule has 0 radical (unpaired) electrons. The van der Waals surface area contributed by atoms with Crippen LogP contribution in [0.4, 0.5) is 0 Å². The molecule has 0 aromatic rings. The first-order valence-corrected chi connectivity index (χ1v) is 8.23. The Morgan fingerprint density at radius 2 is 1.00 bits per heavy atom. The van der Waals surface area contributed by atoms with Crippen molar-refractivity contribution in [3.05, 3.63) is 0 Å². The largest absolute Gasteiger partial charge is 0.396 e. The maximum absolute atomic E-state index is 8.65. The average Bonchev–Trinajstić information content (AvgIpc) is 2.39. The van der Waals surface area contributed by atoms with Gasteiger partial charge in [-0.05, 0) is 25.9 Å². The molecule has 0 rings (SSSR count). The summed E-state index contributed by atoms with van der Waals surface area (Å²) in [6.45, 7) is 4.85. The fourth-order valence-electron chi connectivity index (χ4n) is 2.31. The molecule has 0 amide bonds. The van der Waals surface area contributed by atoms with E-state index < -0.39 is 0 Å². The van der Waals surface area contributed by atoms with Crippen LogP contribution in [0.1, 0.15) is 84.0 Å². The topological polar surface area (TPSA) is 32.3 Å². The molecule has 0 heterocycles. The highest BCUT2D eigenvalue weighted by molar-refractivity contribution is 4.50. The van der Waals surface area contributed by atoms with Crippen molar-refractivity contribution >= 4 is 0 Å². The Morgan fingerprint density at radius 1 is 0.611 bits per heavy atom. The summed E-state index contributed by atoms with van der Waals surface area (Å²) in [5, 5.41) is 12.0. The SMILES string of the molecule is CCNCCCCCCCCCCCCCCO. The minimum Gasteiger partial charge on any atom is -0.396 e. The summed E-state index contributed by atoms with van der Waals surface area (Å²) in [5.74, 6) is 0. The molecule has 0 aromatic carbocycles. The van der Waals surface area contributed by atoms with E-state index in [0.717, 1.165) is 13.0 Å². The summed E-state index contributed by atoms with van der Waals surface area (Å²) in [6, 6.07) is 0. The Bertz CT molecular complexity index is 123. The van der Waals surface area contributed by atoms with E-state index >= 15 is 0 Å². The Morgan fingerprint density at radius 3 is 1.39 bits per heavy atom. The number of unbranched alkanes of at least 4 members (excludes halogenated alkanes) is 11. The fourth-order valence-corrected chi connectivity index (χ4v) is 2.31. The minimum absolute atomic E-state index is 0.369. The second kappa shape index (κ2) is 16.9. The van der Waals surface area contributed by atoms with Gasteiger partial charge in [-0.25, -0.2) is 0 Å². The number of hydrogen-bond acceptors (Lipinski definition) is 2. The quantitative estimate of drug-likeness (QED) is 0.429. The van der Waals surface area contributed by atoms with Crippen LogP contribution in [0, 0.1) is 0 Å². The molecular weight excluding hydrogens is 222 g/mol. The summed E-state index contributed by atoms with van der Waals surface area (Å²) in [7, 11) is 0. The van der Waals surface area contributed by atoms with E-state index in [2.05, 4.69) is 12.2 Å². The Hall–Kier alpha value is -0.0800. The monoisotopic (exact) mass is 257 g/mol. The van der Waals surface area contributed by atoms with Crippen LogP contribution in [-0.4, -0.2) is 24.8 Å². The molecule has 0 spiro atoms. The van der Waals surface area contributed by atoms with Crippen LogP contribution in [-0.2, 0) is 0 Å². The van der Waals surface area contributed by atoms with Crippen molar-refractivity contribution in [3.63, 3.8) is 0 Å². The third-order valence-electron chi connectivity index (χ3n) is 3.51. The molecule has 0 saturated carbocycles.